The molecule has 0 aliphatic carbocycles. The molecule has 0 bridgehead atoms. The summed E-state index contributed by atoms with van der Waals surface area (Å²) in [6.07, 6.45) is -4.36. The Labute approximate surface area is 160 Å². The Morgan fingerprint density at radius 3 is 2.46 bits per heavy atom. The van der Waals surface area contributed by atoms with Crippen molar-refractivity contribution in [3.63, 3.8) is 0 Å². The summed E-state index contributed by atoms with van der Waals surface area (Å²) in [7, 11) is 1.58. The maximum Gasteiger partial charge on any atom is 0.416 e. The largest absolute Gasteiger partial charge is 0.416 e. The van der Waals surface area contributed by atoms with E-state index in [-0.39, 0.29) is 6.54 Å². The molecule has 0 saturated heterocycles. The van der Waals surface area contributed by atoms with Crippen molar-refractivity contribution >= 4 is 5.96 Å². The maximum atomic E-state index is 12.8. The predicted molar refractivity (Wildman–Crippen MR) is 100 cm³/mol. The summed E-state index contributed by atoms with van der Waals surface area (Å²) in [5.41, 5.74) is 1.44. The van der Waals surface area contributed by atoms with Crippen LogP contribution in [0, 0.1) is 0 Å². The van der Waals surface area contributed by atoms with Crippen LogP contribution in [0.1, 0.15) is 16.8 Å². The van der Waals surface area contributed by atoms with Crippen molar-refractivity contribution in [2.45, 2.75) is 19.3 Å². The minimum atomic E-state index is -4.36. The van der Waals surface area contributed by atoms with Crippen molar-refractivity contribution in [1.29, 1.82) is 0 Å². The number of rotatable bonds is 5. The molecule has 3 aromatic rings. The van der Waals surface area contributed by atoms with Gasteiger partial charge < -0.3 is 15.2 Å². The van der Waals surface area contributed by atoms with Crippen molar-refractivity contribution in [3.05, 3.63) is 77.5 Å². The summed E-state index contributed by atoms with van der Waals surface area (Å²) < 4.78 is 43.7. The zero-order valence-corrected chi connectivity index (χ0v) is 15.1. The van der Waals surface area contributed by atoms with Crippen molar-refractivity contribution < 1.29 is 17.7 Å². The number of alkyl halides is 3. The summed E-state index contributed by atoms with van der Waals surface area (Å²) >= 11 is 0. The molecule has 2 aromatic carbocycles. The van der Waals surface area contributed by atoms with Gasteiger partial charge in [0.15, 0.2) is 11.7 Å². The van der Waals surface area contributed by atoms with Gasteiger partial charge in [0.2, 0.25) is 0 Å². The molecule has 5 nitrogen and oxygen atoms in total. The molecule has 3 rings (SSSR count). The summed E-state index contributed by atoms with van der Waals surface area (Å²) in [5, 5.41) is 10.1. The number of hydrogen-bond acceptors (Lipinski definition) is 3. The van der Waals surface area contributed by atoms with E-state index in [1.807, 2.05) is 36.4 Å². The highest BCUT2D eigenvalue weighted by Gasteiger charge is 2.30. The molecule has 0 amide bonds. The minimum absolute atomic E-state index is 0.206. The van der Waals surface area contributed by atoms with Crippen LogP contribution in [0.4, 0.5) is 13.2 Å². The molecular formula is C20H19F3N4O. The average molecular weight is 388 g/mol. The Hall–Kier alpha value is -3.29. The van der Waals surface area contributed by atoms with Crippen LogP contribution in [-0.4, -0.2) is 18.2 Å². The van der Waals surface area contributed by atoms with Crippen LogP contribution in [0.5, 0.6) is 0 Å². The van der Waals surface area contributed by atoms with Gasteiger partial charge in [0.1, 0.15) is 5.69 Å². The molecule has 1 heterocycles. The standard InChI is InChI=1S/C20H19F3N4O/c1-24-19(25-12-14-6-5-9-16(10-14)20(21,22)23)26-13-17-11-18(28-27-17)15-7-3-2-4-8-15/h2-11H,12-13H2,1H3,(H2,24,25,26). The van der Waals surface area contributed by atoms with Gasteiger partial charge in [0.05, 0.1) is 12.1 Å². The van der Waals surface area contributed by atoms with E-state index in [2.05, 4.69) is 20.8 Å². The molecule has 0 aliphatic rings. The minimum Gasteiger partial charge on any atom is -0.356 e. The second kappa shape index (κ2) is 8.60. The van der Waals surface area contributed by atoms with Gasteiger partial charge in [0.25, 0.3) is 0 Å². The third-order valence-electron chi connectivity index (χ3n) is 3.99. The van der Waals surface area contributed by atoms with Crippen LogP contribution in [-0.2, 0) is 19.3 Å². The van der Waals surface area contributed by atoms with E-state index in [1.165, 1.54) is 6.07 Å². The molecular weight excluding hydrogens is 369 g/mol. The van der Waals surface area contributed by atoms with Gasteiger partial charge in [-0.25, -0.2) is 0 Å². The molecule has 0 spiro atoms. The molecule has 146 valence electrons. The van der Waals surface area contributed by atoms with Crippen LogP contribution in [0.15, 0.2) is 70.2 Å². The highest BCUT2D eigenvalue weighted by Crippen LogP contribution is 2.29. The lowest BCUT2D eigenvalue weighted by Gasteiger charge is -2.12. The van der Waals surface area contributed by atoms with E-state index in [9.17, 15) is 13.2 Å². The Morgan fingerprint density at radius 1 is 1.00 bits per heavy atom. The lowest BCUT2D eigenvalue weighted by Crippen LogP contribution is -2.36. The number of hydrogen-bond donors (Lipinski definition) is 2. The van der Waals surface area contributed by atoms with Crippen molar-refractivity contribution in [1.82, 2.24) is 15.8 Å². The molecule has 0 fully saturated rings. The highest BCUT2D eigenvalue weighted by atomic mass is 19.4. The molecule has 0 unspecified atom stereocenters. The fourth-order valence-electron chi connectivity index (χ4n) is 2.57. The molecule has 0 radical (unpaired) electrons. The molecule has 2 N–H and O–H groups in total. The van der Waals surface area contributed by atoms with Crippen LogP contribution in [0.2, 0.25) is 0 Å². The lowest BCUT2D eigenvalue weighted by molar-refractivity contribution is -0.137. The number of aromatic nitrogens is 1. The van der Waals surface area contributed by atoms with Crippen molar-refractivity contribution in [2.75, 3.05) is 7.05 Å². The number of benzene rings is 2. The Bertz CT molecular complexity index is 936. The molecule has 0 saturated carbocycles. The van der Waals surface area contributed by atoms with E-state index in [4.69, 9.17) is 4.52 Å². The number of nitrogens with one attached hydrogen (secondary N) is 2. The Kier molecular flexibility index (Phi) is 5.98. The van der Waals surface area contributed by atoms with Gasteiger partial charge in [-0.05, 0) is 17.7 Å². The van der Waals surface area contributed by atoms with E-state index in [0.717, 1.165) is 17.7 Å². The first-order valence-corrected chi connectivity index (χ1v) is 8.57. The van der Waals surface area contributed by atoms with Gasteiger partial charge in [-0.2, -0.15) is 13.2 Å². The average Bonchev–Trinajstić information content (AvgIpc) is 3.17. The van der Waals surface area contributed by atoms with Gasteiger partial charge in [-0.3, -0.25) is 4.99 Å². The maximum absolute atomic E-state index is 12.8. The zero-order valence-electron chi connectivity index (χ0n) is 15.1. The second-order valence-electron chi connectivity index (χ2n) is 6.03. The fraction of sp³-hybridized carbons (Fsp3) is 0.200. The van der Waals surface area contributed by atoms with Crippen molar-refractivity contribution in [3.8, 4) is 11.3 Å². The number of halogens is 3. The van der Waals surface area contributed by atoms with E-state index in [1.54, 1.807) is 13.1 Å². The first-order valence-electron chi connectivity index (χ1n) is 8.57. The predicted octanol–water partition coefficient (Wildman–Crippen LogP) is 4.23. The monoisotopic (exact) mass is 388 g/mol. The molecule has 0 atom stereocenters. The Balaban J connectivity index is 1.55. The van der Waals surface area contributed by atoms with E-state index in [0.29, 0.717) is 29.5 Å². The van der Waals surface area contributed by atoms with Crippen LogP contribution < -0.4 is 10.6 Å². The highest BCUT2D eigenvalue weighted by molar-refractivity contribution is 5.79. The molecule has 8 heteroatoms. The molecule has 1 aromatic heterocycles. The second-order valence-corrected chi connectivity index (χ2v) is 6.03. The number of aliphatic imine (C=N–C) groups is 1. The Morgan fingerprint density at radius 2 is 1.75 bits per heavy atom. The summed E-state index contributed by atoms with van der Waals surface area (Å²) in [6, 6.07) is 16.6. The summed E-state index contributed by atoms with van der Waals surface area (Å²) in [6.45, 7) is 0.566. The first kappa shape index (κ1) is 19.5. The van der Waals surface area contributed by atoms with Crippen LogP contribution in [0.3, 0.4) is 0 Å². The topological polar surface area (TPSA) is 62.5 Å². The normalized spacial score (nSPS) is 12.1. The van der Waals surface area contributed by atoms with Crippen LogP contribution in [0.25, 0.3) is 11.3 Å². The van der Waals surface area contributed by atoms with Gasteiger partial charge >= 0.3 is 6.18 Å². The van der Waals surface area contributed by atoms with E-state index < -0.39 is 11.7 Å². The third-order valence-corrected chi connectivity index (χ3v) is 3.99. The van der Waals surface area contributed by atoms with Gasteiger partial charge in [-0.15, -0.1) is 0 Å². The number of guanidine groups is 1. The van der Waals surface area contributed by atoms with Gasteiger partial charge in [0, 0.05) is 25.2 Å². The summed E-state index contributed by atoms with van der Waals surface area (Å²) in [4.78, 5) is 4.07. The first-order chi connectivity index (χ1) is 13.5. The molecule has 28 heavy (non-hydrogen) atoms. The fourth-order valence-corrected chi connectivity index (χ4v) is 2.57. The third kappa shape index (κ3) is 5.12. The SMILES string of the molecule is CN=C(NCc1cccc(C(F)(F)F)c1)NCc1cc(-c2ccccc2)on1. The zero-order chi connectivity index (χ0) is 20.0. The van der Waals surface area contributed by atoms with Gasteiger partial charge in [-0.1, -0.05) is 47.6 Å². The molecule has 0 aliphatic heterocycles. The lowest BCUT2D eigenvalue weighted by atomic mass is 10.1. The van der Waals surface area contributed by atoms with Crippen LogP contribution >= 0.6 is 0 Å². The quantitative estimate of drug-likeness (QED) is 0.507. The number of nitrogens with zero attached hydrogens (tertiary/aromatic N) is 2. The smallest absolute Gasteiger partial charge is 0.356 e. The van der Waals surface area contributed by atoms with Crippen molar-refractivity contribution in [2.24, 2.45) is 4.99 Å². The summed E-state index contributed by atoms with van der Waals surface area (Å²) in [5.74, 6) is 1.10. The van der Waals surface area contributed by atoms with E-state index >= 15 is 0 Å².